The van der Waals surface area contributed by atoms with Gasteiger partial charge in [0.05, 0.1) is 12.3 Å². The monoisotopic (exact) mass is 289 g/mol. The van der Waals surface area contributed by atoms with Crippen LogP contribution in [0.1, 0.15) is 22.8 Å². The summed E-state index contributed by atoms with van der Waals surface area (Å²) in [6.07, 6.45) is 0. The number of rotatable bonds is 4. The first-order valence-corrected chi connectivity index (χ1v) is 6.52. The van der Waals surface area contributed by atoms with Gasteiger partial charge in [-0.3, -0.25) is 0 Å². The van der Waals surface area contributed by atoms with E-state index in [-0.39, 0.29) is 35.2 Å². The number of nitrogen functional groups attached to an aromatic ring is 1. The second-order valence-corrected chi connectivity index (χ2v) is 4.46. The van der Waals surface area contributed by atoms with Gasteiger partial charge < -0.3 is 15.2 Å². The highest BCUT2D eigenvalue weighted by atomic mass is 19.1. The van der Waals surface area contributed by atoms with Gasteiger partial charge in [0.1, 0.15) is 17.1 Å². The molecule has 2 aromatic carbocycles. The Morgan fingerprint density at radius 1 is 1.29 bits per heavy atom. The van der Waals surface area contributed by atoms with Crippen LogP contribution in [-0.4, -0.2) is 12.6 Å². The summed E-state index contributed by atoms with van der Waals surface area (Å²) in [4.78, 5) is 11.9. The molecule has 2 N–H and O–H groups in total. The molecular weight excluding hydrogens is 273 g/mol. The molecular formula is C16H16FNO3. The molecule has 21 heavy (non-hydrogen) atoms. The number of hydrogen-bond donors (Lipinski definition) is 1. The lowest BCUT2D eigenvalue weighted by atomic mass is 10.1. The van der Waals surface area contributed by atoms with Crippen LogP contribution < -0.4 is 10.5 Å². The lowest BCUT2D eigenvalue weighted by Crippen LogP contribution is -2.08. The molecule has 2 rings (SSSR count). The third-order valence-electron chi connectivity index (χ3n) is 2.90. The molecule has 0 atom stereocenters. The largest absolute Gasteiger partial charge is 0.462 e. The number of ether oxygens (including phenoxy) is 2. The van der Waals surface area contributed by atoms with Crippen LogP contribution in [0, 0.1) is 12.7 Å². The number of halogens is 1. The Morgan fingerprint density at radius 2 is 2.05 bits per heavy atom. The van der Waals surface area contributed by atoms with E-state index >= 15 is 0 Å². The lowest BCUT2D eigenvalue weighted by molar-refractivity contribution is 0.0523. The Kier molecular flexibility index (Phi) is 4.42. The average Bonchev–Trinajstić information content (AvgIpc) is 2.45. The summed E-state index contributed by atoms with van der Waals surface area (Å²) >= 11 is 0. The van der Waals surface area contributed by atoms with Gasteiger partial charge in [-0.05, 0) is 37.6 Å². The van der Waals surface area contributed by atoms with Gasteiger partial charge in [0.2, 0.25) is 0 Å². The van der Waals surface area contributed by atoms with Gasteiger partial charge in [-0.25, -0.2) is 9.18 Å². The molecule has 0 radical (unpaired) electrons. The van der Waals surface area contributed by atoms with Crippen molar-refractivity contribution in [3.63, 3.8) is 0 Å². The van der Waals surface area contributed by atoms with Crippen LogP contribution in [0.3, 0.4) is 0 Å². The fourth-order valence-corrected chi connectivity index (χ4v) is 1.79. The Morgan fingerprint density at radius 3 is 2.71 bits per heavy atom. The van der Waals surface area contributed by atoms with E-state index in [9.17, 15) is 9.18 Å². The van der Waals surface area contributed by atoms with E-state index in [1.807, 2.05) is 0 Å². The summed E-state index contributed by atoms with van der Waals surface area (Å²) in [5, 5.41) is 0. The third kappa shape index (κ3) is 3.31. The first-order valence-electron chi connectivity index (χ1n) is 6.52. The Labute approximate surface area is 122 Å². The molecule has 0 aliphatic carbocycles. The van der Waals surface area contributed by atoms with Gasteiger partial charge in [0.15, 0.2) is 5.75 Å². The van der Waals surface area contributed by atoms with Crippen molar-refractivity contribution in [1.29, 1.82) is 0 Å². The van der Waals surface area contributed by atoms with E-state index in [0.717, 1.165) is 0 Å². The summed E-state index contributed by atoms with van der Waals surface area (Å²) in [6, 6.07) is 9.23. The Bertz CT molecular complexity index is 671. The lowest BCUT2D eigenvalue weighted by Gasteiger charge is -2.13. The number of para-hydroxylation sites is 1. The average molecular weight is 289 g/mol. The zero-order chi connectivity index (χ0) is 15.4. The van der Waals surface area contributed by atoms with Crippen molar-refractivity contribution in [2.24, 2.45) is 0 Å². The van der Waals surface area contributed by atoms with Crippen LogP contribution in [0.2, 0.25) is 0 Å². The zero-order valence-electron chi connectivity index (χ0n) is 11.9. The van der Waals surface area contributed by atoms with Crippen molar-refractivity contribution in [2.75, 3.05) is 12.3 Å². The quantitative estimate of drug-likeness (QED) is 0.689. The number of hydrogen-bond acceptors (Lipinski definition) is 4. The normalized spacial score (nSPS) is 10.2. The number of nitrogens with two attached hydrogens (primary N) is 1. The minimum atomic E-state index is -0.535. The topological polar surface area (TPSA) is 61.5 Å². The maximum Gasteiger partial charge on any atom is 0.342 e. The second-order valence-electron chi connectivity index (χ2n) is 4.46. The minimum Gasteiger partial charge on any atom is -0.462 e. The highest BCUT2D eigenvalue weighted by Crippen LogP contribution is 2.32. The molecule has 0 spiro atoms. The summed E-state index contributed by atoms with van der Waals surface area (Å²) in [5.74, 6) is -0.493. The number of aryl methyl sites for hydroxylation is 1. The fraction of sp³-hybridized carbons (Fsp3) is 0.188. The number of anilines is 1. The van der Waals surface area contributed by atoms with Gasteiger partial charge >= 0.3 is 5.97 Å². The van der Waals surface area contributed by atoms with Crippen LogP contribution in [0.4, 0.5) is 10.1 Å². The van der Waals surface area contributed by atoms with Crippen molar-refractivity contribution in [3.05, 3.63) is 53.3 Å². The molecule has 5 heteroatoms. The maximum absolute atomic E-state index is 13.6. The Balaban J connectivity index is 2.38. The first kappa shape index (κ1) is 14.8. The highest BCUT2D eigenvalue weighted by Gasteiger charge is 2.17. The van der Waals surface area contributed by atoms with Crippen LogP contribution in [0.25, 0.3) is 0 Å². The molecule has 110 valence electrons. The van der Waals surface area contributed by atoms with Gasteiger partial charge in [-0.15, -0.1) is 0 Å². The molecule has 0 aliphatic heterocycles. The van der Waals surface area contributed by atoms with Gasteiger partial charge in [0, 0.05) is 6.07 Å². The second kappa shape index (κ2) is 6.26. The van der Waals surface area contributed by atoms with Crippen molar-refractivity contribution in [3.8, 4) is 11.5 Å². The van der Waals surface area contributed by atoms with Crippen molar-refractivity contribution in [1.82, 2.24) is 0 Å². The van der Waals surface area contributed by atoms with E-state index in [1.165, 1.54) is 6.07 Å². The summed E-state index contributed by atoms with van der Waals surface area (Å²) < 4.78 is 24.1. The summed E-state index contributed by atoms with van der Waals surface area (Å²) in [6.45, 7) is 3.60. The van der Waals surface area contributed by atoms with E-state index in [2.05, 4.69) is 0 Å². The van der Waals surface area contributed by atoms with Gasteiger partial charge in [-0.1, -0.05) is 12.1 Å². The molecule has 0 saturated carbocycles. The number of carbonyl (C=O) groups excluding carboxylic acids is 1. The molecule has 0 unspecified atom stereocenters. The van der Waals surface area contributed by atoms with Crippen molar-refractivity contribution in [2.45, 2.75) is 13.8 Å². The molecule has 0 aliphatic rings. The third-order valence-corrected chi connectivity index (χ3v) is 2.90. The Hall–Kier alpha value is -2.56. The standard InChI is InChI=1S/C16H16FNO3/c1-3-20-16(19)12-5-4-6-14(18)15(12)21-11-8-7-10(2)13(17)9-11/h4-9H,3,18H2,1-2H3. The summed E-state index contributed by atoms with van der Waals surface area (Å²) in [7, 11) is 0. The molecule has 0 saturated heterocycles. The predicted molar refractivity (Wildman–Crippen MR) is 78.0 cm³/mol. The summed E-state index contributed by atoms with van der Waals surface area (Å²) in [5.41, 5.74) is 6.84. The number of benzene rings is 2. The molecule has 0 amide bonds. The van der Waals surface area contributed by atoms with Gasteiger partial charge in [0.25, 0.3) is 0 Å². The van der Waals surface area contributed by atoms with Crippen LogP contribution >= 0.6 is 0 Å². The minimum absolute atomic E-state index is 0.166. The zero-order valence-corrected chi connectivity index (χ0v) is 11.9. The SMILES string of the molecule is CCOC(=O)c1cccc(N)c1Oc1ccc(C)c(F)c1. The van der Waals surface area contributed by atoms with E-state index < -0.39 is 5.97 Å². The van der Waals surface area contributed by atoms with Crippen molar-refractivity contribution < 1.29 is 18.7 Å². The highest BCUT2D eigenvalue weighted by molar-refractivity contribution is 5.94. The molecule has 0 bridgehead atoms. The van der Waals surface area contributed by atoms with E-state index in [1.54, 1.807) is 44.2 Å². The van der Waals surface area contributed by atoms with E-state index in [4.69, 9.17) is 15.2 Å². The van der Waals surface area contributed by atoms with Crippen LogP contribution in [-0.2, 0) is 4.74 Å². The molecule has 0 fully saturated rings. The molecule has 0 heterocycles. The predicted octanol–water partition coefficient (Wildman–Crippen LogP) is 3.69. The van der Waals surface area contributed by atoms with Crippen LogP contribution in [0.5, 0.6) is 11.5 Å². The fourth-order valence-electron chi connectivity index (χ4n) is 1.79. The number of carbonyl (C=O) groups is 1. The maximum atomic E-state index is 13.6. The van der Waals surface area contributed by atoms with Gasteiger partial charge in [-0.2, -0.15) is 0 Å². The smallest absolute Gasteiger partial charge is 0.342 e. The van der Waals surface area contributed by atoms with E-state index in [0.29, 0.717) is 5.56 Å². The number of esters is 1. The molecule has 0 aromatic heterocycles. The van der Waals surface area contributed by atoms with Crippen LogP contribution in [0.15, 0.2) is 36.4 Å². The molecule has 4 nitrogen and oxygen atoms in total. The van der Waals surface area contributed by atoms with Crippen molar-refractivity contribution >= 4 is 11.7 Å². The molecule has 2 aromatic rings. The first-order chi connectivity index (χ1) is 10.0.